The van der Waals surface area contributed by atoms with Crippen molar-refractivity contribution >= 4 is 16.9 Å². The first-order valence-electron chi connectivity index (χ1n) is 10.5. The van der Waals surface area contributed by atoms with Crippen molar-refractivity contribution in [1.29, 1.82) is 0 Å². The molecule has 1 heterocycles. The number of rotatable bonds is 11. The predicted octanol–water partition coefficient (Wildman–Crippen LogP) is 3.31. The number of nitrogens with zero attached hydrogens (tertiary/aromatic N) is 1. The van der Waals surface area contributed by atoms with Crippen molar-refractivity contribution in [2.75, 3.05) is 26.9 Å². The Morgan fingerprint density at radius 2 is 1.97 bits per heavy atom. The minimum absolute atomic E-state index is 0.133. The summed E-state index contributed by atoms with van der Waals surface area (Å²) in [5, 5.41) is 19.7. The number of aryl methyl sites for hydroxylation is 1. The molecule has 0 aliphatic rings. The lowest BCUT2D eigenvalue weighted by Crippen LogP contribution is -2.12. The summed E-state index contributed by atoms with van der Waals surface area (Å²) in [5.41, 5.74) is 4.67. The first-order valence-corrected chi connectivity index (χ1v) is 10.5. The maximum absolute atomic E-state index is 12.4. The molecular formula is C25H29NO5. The number of benzene rings is 2. The molecule has 0 radical (unpaired) electrons. The zero-order valence-electron chi connectivity index (χ0n) is 17.8. The summed E-state index contributed by atoms with van der Waals surface area (Å²) in [5.74, 6) is -0.295. The van der Waals surface area contributed by atoms with Gasteiger partial charge in [0.05, 0.1) is 31.3 Å². The van der Waals surface area contributed by atoms with E-state index in [0.717, 1.165) is 33.2 Å². The second kappa shape index (κ2) is 11.6. The Hall–Kier alpha value is -2.80. The number of fused-ring (bicyclic) bond motifs is 1. The Morgan fingerprint density at radius 3 is 2.77 bits per heavy atom. The van der Waals surface area contributed by atoms with E-state index >= 15 is 0 Å². The normalized spacial score (nSPS) is 12.1. The summed E-state index contributed by atoms with van der Waals surface area (Å²) in [7, 11) is 1.62. The summed E-state index contributed by atoms with van der Waals surface area (Å²) in [6, 6.07) is 15.9. The highest BCUT2D eigenvalue weighted by Gasteiger charge is 2.15. The maximum atomic E-state index is 12.4. The Kier molecular flexibility index (Phi) is 8.53. The molecule has 2 aromatic carbocycles. The van der Waals surface area contributed by atoms with Crippen molar-refractivity contribution < 1.29 is 24.5 Å². The number of carbonyl (C=O) groups is 1. The van der Waals surface area contributed by atoms with Gasteiger partial charge in [-0.3, -0.25) is 9.78 Å². The lowest BCUT2D eigenvalue weighted by molar-refractivity contribution is -0.143. The Bertz CT molecular complexity index is 1000. The smallest absolute Gasteiger partial charge is 0.310 e. The third-order valence-corrected chi connectivity index (χ3v) is 5.14. The highest BCUT2D eigenvalue weighted by molar-refractivity contribution is 5.97. The van der Waals surface area contributed by atoms with Crippen LogP contribution in [0.25, 0.3) is 22.0 Å². The van der Waals surface area contributed by atoms with Crippen LogP contribution >= 0.6 is 0 Å². The lowest BCUT2D eigenvalue weighted by Gasteiger charge is -2.14. The molecule has 0 saturated heterocycles. The summed E-state index contributed by atoms with van der Waals surface area (Å²) in [6.45, 7) is 0.630. The van der Waals surface area contributed by atoms with Crippen LogP contribution in [0.4, 0.5) is 0 Å². The molecule has 0 aliphatic heterocycles. The van der Waals surface area contributed by atoms with Crippen LogP contribution in [0.5, 0.6) is 0 Å². The molecule has 0 bridgehead atoms. The van der Waals surface area contributed by atoms with Gasteiger partial charge in [0.15, 0.2) is 0 Å². The SMILES string of the molecule is COCCCOC(=O)Cc1cnc2ccccc2c1-c1cccc(CCC(O)CO)c1. The summed E-state index contributed by atoms with van der Waals surface area (Å²) < 4.78 is 10.3. The third-order valence-electron chi connectivity index (χ3n) is 5.14. The lowest BCUT2D eigenvalue weighted by atomic mass is 9.93. The van der Waals surface area contributed by atoms with Gasteiger partial charge in [-0.05, 0) is 41.2 Å². The second-order valence-electron chi connectivity index (χ2n) is 7.49. The topological polar surface area (TPSA) is 88.9 Å². The summed E-state index contributed by atoms with van der Waals surface area (Å²) in [6.07, 6.45) is 2.94. The average molecular weight is 424 g/mol. The molecular weight excluding hydrogens is 394 g/mol. The number of methoxy groups -OCH3 is 1. The van der Waals surface area contributed by atoms with Gasteiger partial charge >= 0.3 is 5.97 Å². The number of ether oxygens (including phenoxy) is 2. The van der Waals surface area contributed by atoms with Gasteiger partial charge in [0, 0.05) is 31.7 Å². The molecule has 0 aliphatic carbocycles. The van der Waals surface area contributed by atoms with Crippen LogP contribution in [-0.2, 0) is 27.1 Å². The standard InChI is InChI=1S/C25H29NO5/c1-30-12-5-13-31-24(29)15-20-16-26-23-9-3-2-8-22(23)25(20)19-7-4-6-18(14-19)10-11-21(28)17-27/h2-4,6-9,14,16,21,27-28H,5,10-13,15,17H2,1H3. The van der Waals surface area contributed by atoms with Crippen molar-refractivity contribution in [1.82, 2.24) is 4.98 Å². The van der Waals surface area contributed by atoms with E-state index < -0.39 is 6.10 Å². The van der Waals surface area contributed by atoms with Crippen molar-refractivity contribution in [2.45, 2.75) is 31.8 Å². The minimum atomic E-state index is -0.728. The number of hydrogen-bond donors (Lipinski definition) is 2. The van der Waals surface area contributed by atoms with E-state index in [1.165, 1.54) is 0 Å². The zero-order valence-corrected chi connectivity index (χ0v) is 17.8. The van der Waals surface area contributed by atoms with Crippen molar-refractivity contribution in [3.05, 3.63) is 65.9 Å². The zero-order chi connectivity index (χ0) is 22.1. The van der Waals surface area contributed by atoms with Crippen molar-refractivity contribution in [2.24, 2.45) is 0 Å². The molecule has 0 fully saturated rings. The summed E-state index contributed by atoms with van der Waals surface area (Å²) in [4.78, 5) is 17.0. The van der Waals surface area contributed by atoms with Crippen LogP contribution in [-0.4, -0.2) is 54.2 Å². The fourth-order valence-corrected chi connectivity index (χ4v) is 3.56. The first-order chi connectivity index (χ1) is 15.1. The van der Waals surface area contributed by atoms with Crippen molar-refractivity contribution in [3.63, 3.8) is 0 Å². The quantitative estimate of drug-likeness (QED) is 0.363. The number of esters is 1. The molecule has 2 N–H and O–H groups in total. The van der Waals surface area contributed by atoms with E-state index in [2.05, 4.69) is 11.1 Å². The van der Waals surface area contributed by atoms with Gasteiger partial charge in [0.2, 0.25) is 0 Å². The molecule has 6 heteroatoms. The molecule has 3 aromatic rings. The second-order valence-corrected chi connectivity index (χ2v) is 7.49. The predicted molar refractivity (Wildman–Crippen MR) is 120 cm³/mol. The molecule has 3 rings (SSSR count). The van der Waals surface area contributed by atoms with E-state index in [4.69, 9.17) is 14.6 Å². The molecule has 0 amide bonds. The number of aromatic nitrogens is 1. The number of aliphatic hydroxyl groups is 2. The Morgan fingerprint density at radius 1 is 1.13 bits per heavy atom. The molecule has 31 heavy (non-hydrogen) atoms. The molecule has 0 saturated carbocycles. The monoisotopic (exact) mass is 423 g/mol. The minimum Gasteiger partial charge on any atom is -0.465 e. The van der Waals surface area contributed by atoms with Crippen LogP contribution in [0.15, 0.2) is 54.7 Å². The average Bonchev–Trinajstić information content (AvgIpc) is 2.80. The van der Waals surface area contributed by atoms with E-state index in [-0.39, 0.29) is 19.0 Å². The van der Waals surface area contributed by atoms with Crippen LogP contribution in [0.3, 0.4) is 0 Å². The van der Waals surface area contributed by atoms with Crippen LogP contribution < -0.4 is 0 Å². The fourth-order valence-electron chi connectivity index (χ4n) is 3.56. The Balaban J connectivity index is 1.91. The van der Waals surface area contributed by atoms with Gasteiger partial charge in [-0.25, -0.2) is 0 Å². The van der Waals surface area contributed by atoms with Gasteiger partial charge < -0.3 is 19.7 Å². The molecule has 164 valence electrons. The van der Waals surface area contributed by atoms with Crippen molar-refractivity contribution in [3.8, 4) is 11.1 Å². The number of carbonyl (C=O) groups excluding carboxylic acids is 1. The molecule has 0 spiro atoms. The van der Waals surface area contributed by atoms with E-state index in [1.807, 2.05) is 42.5 Å². The number of hydrogen-bond acceptors (Lipinski definition) is 6. The first kappa shape index (κ1) is 22.9. The number of para-hydroxylation sites is 1. The maximum Gasteiger partial charge on any atom is 0.310 e. The fraction of sp³-hybridized carbons (Fsp3) is 0.360. The van der Waals surface area contributed by atoms with Crippen LogP contribution in [0.2, 0.25) is 0 Å². The molecule has 6 nitrogen and oxygen atoms in total. The van der Waals surface area contributed by atoms with E-state index in [1.54, 1.807) is 13.3 Å². The van der Waals surface area contributed by atoms with Gasteiger partial charge in [0.1, 0.15) is 0 Å². The highest BCUT2D eigenvalue weighted by Crippen LogP contribution is 2.32. The van der Waals surface area contributed by atoms with Gasteiger partial charge in [0.25, 0.3) is 0 Å². The number of pyridine rings is 1. The van der Waals surface area contributed by atoms with Gasteiger partial charge in [-0.1, -0.05) is 42.5 Å². The Labute approximate surface area is 182 Å². The van der Waals surface area contributed by atoms with E-state index in [9.17, 15) is 9.90 Å². The summed E-state index contributed by atoms with van der Waals surface area (Å²) >= 11 is 0. The molecule has 1 aromatic heterocycles. The van der Waals surface area contributed by atoms with Gasteiger partial charge in [-0.15, -0.1) is 0 Å². The van der Waals surface area contributed by atoms with Crippen LogP contribution in [0.1, 0.15) is 24.0 Å². The van der Waals surface area contributed by atoms with Crippen LogP contribution in [0, 0.1) is 0 Å². The number of aliphatic hydroxyl groups excluding tert-OH is 2. The largest absolute Gasteiger partial charge is 0.465 e. The highest BCUT2D eigenvalue weighted by atomic mass is 16.5. The third kappa shape index (κ3) is 6.34. The molecule has 1 unspecified atom stereocenters. The molecule has 1 atom stereocenters. The van der Waals surface area contributed by atoms with Gasteiger partial charge in [-0.2, -0.15) is 0 Å². The van der Waals surface area contributed by atoms with E-state index in [0.29, 0.717) is 32.5 Å².